The first-order valence-electron chi connectivity index (χ1n) is 5.36. The topological polar surface area (TPSA) is 43.1 Å². The molecule has 0 saturated heterocycles. The Balaban J connectivity index is 2.06. The average molecular weight is 195 g/mol. The number of hydrogen-bond donors (Lipinski definition) is 0. The molecule has 3 atom stereocenters. The second-order valence-corrected chi connectivity index (χ2v) is 5.02. The molecule has 1 saturated carbocycles. The van der Waals surface area contributed by atoms with Crippen molar-refractivity contribution in [3.05, 3.63) is 21.8 Å². The SMILES string of the molecule is CCC1=CC2C(C1)C[C@@]2(C)C[N+](=O)[O-]. The standard InChI is InChI=1S/C11H17NO2/c1-3-8-4-9-6-11(2,7-12(13)14)10(9)5-8/h5,9-10H,3-4,6-7H2,1-2H3/t9?,10?,11-/m0/s1. The highest BCUT2D eigenvalue weighted by molar-refractivity contribution is 5.22. The van der Waals surface area contributed by atoms with Gasteiger partial charge >= 0.3 is 0 Å². The molecule has 0 amide bonds. The predicted molar refractivity (Wildman–Crippen MR) is 54.6 cm³/mol. The van der Waals surface area contributed by atoms with Crippen LogP contribution in [0.5, 0.6) is 0 Å². The van der Waals surface area contributed by atoms with Crippen LogP contribution in [0.25, 0.3) is 0 Å². The van der Waals surface area contributed by atoms with Gasteiger partial charge in [0.1, 0.15) is 0 Å². The van der Waals surface area contributed by atoms with E-state index in [0.717, 1.165) is 18.8 Å². The molecule has 0 aromatic carbocycles. The fourth-order valence-corrected chi connectivity index (χ4v) is 3.19. The Morgan fingerprint density at radius 3 is 3.00 bits per heavy atom. The zero-order chi connectivity index (χ0) is 10.3. The van der Waals surface area contributed by atoms with Crippen LogP contribution in [0, 0.1) is 27.4 Å². The Morgan fingerprint density at radius 2 is 2.43 bits per heavy atom. The number of rotatable bonds is 3. The summed E-state index contributed by atoms with van der Waals surface area (Å²) in [5.41, 5.74) is 1.46. The summed E-state index contributed by atoms with van der Waals surface area (Å²) in [6, 6.07) is 0. The molecule has 3 nitrogen and oxygen atoms in total. The molecule has 0 aliphatic heterocycles. The molecule has 0 aromatic heterocycles. The minimum Gasteiger partial charge on any atom is -0.265 e. The predicted octanol–water partition coefficient (Wildman–Crippen LogP) is 2.65. The van der Waals surface area contributed by atoms with Crippen LogP contribution in [0.1, 0.15) is 33.1 Å². The van der Waals surface area contributed by atoms with E-state index in [1.165, 1.54) is 12.0 Å². The van der Waals surface area contributed by atoms with Gasteiger partial charge in [-0.2, -0.15) is 0 Å². The third kappa shape index (κ3) is 1.35. The lowest BCUT2D eigenvalue weighted by molar-refractivity contribution is -0.504. The van der Waals surface area contributed by atoms with E-state index < -0.39 is 0 Å². The maximum atomic E-state index is 10.5. The van der Waals surface area contributed by atoms with Crippen LogP contribution in [0.3, 0.4) is 0 Å². The second-order valence-electron chi connectivity index (χ2n) is 5.02. The molecule has 0 spiro atoms. The highest BCUT2D eigenvalue weighted by Gasteiger charge is 2.54. The molecule has 14 heavy (non-hydrogen) atoms. The number of fused-ring (bicyclic) bond motifs is 1. The Morgan fingerprint density at radius 1 is 1.71 bits per heavy atom. The van der Waals surface area contributed by atoms with Gasteiger partial charge in [0.2, 0.25) is 6.54 Å². The van der Waals surface area contributed by atoms with Crippen molar-refractivity contribution in [1.29, 1.82) is 0 Å². The van der Waals surface area contributed by atoms with Gasteiger partial charge < -0.3 is 0 Å². The molecular formula is C11H17NO2. The molecular weight excluding hydrogens is 178 g/mol. The van der Waals surface area contributed by atoms with Gasteiger partial charge in [-0.05, 0) is 31.1 Å². The smallest absolute Gasteiger partial charge is 0.209 e. The summed E-state index contributed by atoms with van der Waals surface area (Å²) in [5.74, 6) is 1.21. The largest absolute Gasteiger partial charge is 0.265 e. The molecule has 2 rings (SSSR count). The lowest BCUT2D eigenvalue weighted by atomic mass is 9.56. The van der Waals surface area contributed by atoms with Gasteiger partial charge in [0.05, 0.1) is 0 Å². The third-order valence-corrected chi connectivity index (χ3v) is 3.93. The monoisotopic (exact) mass is 195 g/mol. The minimum absolute atomic E-state index is 0.0505. The summed E-state index contributed by atoms with van der Waals surface area (Å²) in [7, 11) is 0. The van der Waals surface area contributed by atoms with E-state index in [1.807, 2.05) is 0 Å². The van der Waals surface area contributed by atoms with Crippen LogP contribution >= 0.6 is 0 Å². The summed E-state index contributed by atoms with van der Waals surface area (Å²) in [6.07, 6.45) is 5.65. The van der Waals surface area contributed by atoms with Gasteiger partial charge in [-0.15, -0.1) is 0 Å². The van der Waals surface area contributed by atoms with E-state index in [-0.39, 0.29) is 16.9 Å². The minimum atomic E-state index is -0.159. The zero-order valence-electron chi connectivity index (χ0n) is 8.82. The molecule has 2 aliphatic rings. The lowest BCUT2D eigenvalue weighted by Crippen LogP contribution is -2.47. The van der Waals surface area contributed by atoms with Crippen molar-refractivity contribution in [1.82, 2.24) is 0 Å². The average Bonchev–Trinajstić information content (AvgIpc) is 2.42. The van der Waals surface area contributed by atoms with E-state index in [2.05, 4.69) is 19.9 Å². The molecule has 2 unspecified atom stereocenters. The van der Waals surface area contributed by atoms with Crippen molar-refractivity contribution in [2.75, 3.05) is 6.54 Å². The lowest BCUT2D eigenvalue weighted by Gasteiger charge is -2.47. The molecule has 1 fully saturated rings. The fraction of sp³-hybridized carbons (Fsp3) is 0.818. The van der Waals surface area contributed by atoms with Crippen LogP contribution < -0.4 is 0 Å². The van der Waals surface area contributed by atoms with Crippen LogP contribution in [0.2, 0.25) is 0 Å². The van der Waals surface area contributed by atoms with Gasteiger partial charge in [0.15, 0.2) is 0 Å². The van der Waals surface area contributed by atoms with E-state index >= 15 is 0 Å². The summed E-state index contributed by atoms with van der Waals surface area (Å²) < 4.78 is 0. The van der Waals surface area contributed by atoms with E-state index in [1.54, 1.807) is 0 Å². The molecule has 0 aromatic rings. The maximum Gasteiger partial charge on any atom is 0.209 e. The Hall–Kier alpha value is -0.860. The van der Waals surface area contributed by atoms with E-state index in [9.17, 15) is 10.1 Å². The van der Waals surface area contributed by atoms with Crippen molar-refractivity contribution < 1.29 is 4.92 Å². The van der Waals surface area contributed by atoms with Gasteiger partial charge in [-0.25, -0.2) is 0 Å². The van der Waals surface area contributed by atoms with Gasteiger partial charge in [-0.3, -0.25) is 10.1 Å². The molecule has 78 valence electrons. The van der Waals surface area contributed by atoms with Crippen LogP contribution in [-0.4, -0.2) is 11.5 Å². The first-order chi connectivity index (χ1) is 6.55. The first-order valence-corrected chi connectivity index (χ1v) is 5.36. The Kier molecular flexibility index (Phi) is 2.13. The van der Waals surface area contributed by atoms with Crippen molar-refractivity contribution in [3.63, 3.8) is 0 Å². The molecule has 0 heterocycles. The molecule has 0 N–H and O–H groups in total. The van der Waals surface area contributed by atoms with Crippen LogP contribution in [-0.2, 0) is 0 Å². The second kappa shape index (κ2) is 3.07. The van der Waals surface area contributed by atoms with E-state index in [4.69, 9.17) is 0 Å². The number of nitrogens with zero attached hydrogens (tertiary/aromatic N) is 1. The Labute approximate surface area is 84.3 Å². The molecule has 0 radical (unpaired) electrons. The molecule has 2 aliphatic carbocycles. The van der Waals surface area contributed by atoms with Crippen molar-refractivity contribution in [2.45, 2.75) is 33.1 Å². The number of hydrogen-bond acceptors (Lipinski definition) is 2. The van der Waals surface area contributed by atoms with Gasteiger partial charge in [-0.1, -0.05) is 25.5 Å². The summed E-state index contributed by atoms with van der Waals surface area (Å²) >= 11 is 0. The summed E-state index contributed by atoms with van der Waals surface area (Å²) in [6.45, 7) is 4.37. The van der Waals surface area contributed by atoms with Gasteiger partial charge in [0.25, 0.3) is 0 Å². The van der Waals surface area contributed by atoms with Crippen molar-refractivity contribution >= 4 is 0 Å². The van der Waals surface area contributed by atoms with Gasteiger partial charge in [0, 0.05) is 10.3 Å². The third-order valence-electron chi connectivity index (χ3n) is 3.93. The Bertz CT molecular complexity index is 298. The number of nitro groups is 1. The summed E-state index contributed by atoms with van der Waals surface area (Å²) in [5, 5.41) is 10.5. The fourth-order valence-electron chi connectivity index (χ4n) is 3.19. The molecule has 0 bridgehead atoms. The maximum absolute atomic E-state index is 10.5. The van der Waals surface area contributed by atoms with Crippen LogP contribution in [0.15, 0.2) is 11.6 Å². The first kappa shape index (κ1) is 9.69. The quantitative estimate of drug-likeness (QED) is 0.394. The molecule has 3 heteroatoms. The summed E-state index contributed by atoms with van der Waals surface area (Å²) in [4.78, 5) is 10.4. The normalized spacial score (nSPS) is 40.0. The highest BCUT2D eigenvalue weighted by Crippen LogP contribution is 2.58. The highest BCUT2D eigenvalue weighted by atomic mass is 16.6. The van der Waals surface area contributed by atoms with E-state index in [0.29, 0.717) is 5.92 Å². The number of allylic oxidation sites excluding steroid dienone is 2. The van der Waals surface area contributed by atoms with Crippen molar-refractivity contribution in [2.24, 2.45) is 17.3 Å². The van der Waals surface area contributed by atoms with Crippen molar-refractivity contribution in [3.8, 4) is 0 Å². The zero-order valence-corrected chi connectivity index (χ0v) is 8.82. The van der Waals surface area contributed by atoms with Crippen LogP contribution in [0.4, 0.5) is 0 Å².